The molecule has 2 fully saturated rings. The summed E-state index contributed by atoms with van der Waals surface area (Å²) in [5, 5.41) is 5.75. The lowest BCUT2D eigenvalue weighted by molar-refractivity contribution is -0.135. The van der Waals surface area contributed by atoms with Crippen molar-refractivity contribution < 1.29 is 9.59 Å². The number of aryl methyl sites for hydroxylation is 2. The first-order valence-electron chi connectivity index (χ1n) is 9.79. The maximum atomic E-state index is 12.9. The standard InChI is InChI=1S/C20H26N4O3/c1-23-18-14(6-5-13-9-11-21-12-10-13)3-2-4-15(18)24(20(23)27)16-7-8-17(25)22-19(16)26/h2-4,13,16,21H,5-12H2,1H3,(H,22,25,26). The SMILES string of the molecule is Cn1c(=O)n(C2CCC(=O)NC2=O)c2cccc(CCC3CCNCC3)c21. The highest BCUT2D eigenvalue weighted by Crippen LogP contribution is 2.27. The number of imidazole rings is 1. The first kappa shape index (κ1) is 18.0. The van der Waals surface area contributed by atoms with Crippen molar-refractivity contribution >= 4 is 22.8 Å². The number of benzene rings is 1. The Kier molecular flexibility index (Phi) is 4.86. The Morgan fingerprint density at radius 3 is 2.63 bits per heavy atom. The largest absolute Gasteiger partial charge is 0.329 e. The summed E-state index contributed by atoms with van der Waals surface area (Å²) in [5.74, 6) is 0.0592. The third kappa shape index (κ3) is 3.32. The zero-order valence-electron chi connectivity index (χ0n) is 15.7. The molecule has 0 bridgehead atoms. The van der Waals surface area contributed by atoms with Crippen LogP contribution in [0.2, 0.25) is 0 Å². The van der Waals surface area contributed by atoms with Gasteiger partial charge in [0.05, 0.1) is 11.0 Å². The van der Waals surface area contributed by atoms with Crippen molar-refractivity contribution in [1.29, 1.82) is 0 Å². The van der Waals surface area contributed by atoms with Gasteiger partial charge in [-0.15, -0.1) is 0 Å². The van der Waals surface area contributed by atoms with Gasteiger partial charge in [-0.3, -0.25) is 24.0 Å². The van der Waals surface area contributed by atoms with Gasteiger partial charge in [-0.1, -0.05) is 12.1 Å². The number of hydrogen-bond donors (Lipinski definition) is 2. The minimum Gasteiger partial charge on any atom is -0.317 e. The number of carbonyl (C=O) groups is 2. The monoisotopic (exact) mass is 370 g/mol. The molecule has 1 aromatic carbocycles. The molecule has 2 aliphatic heterocycles. The Balaban J connectivity index is 1.68. The molecule has 2 amide bonds. The van der Waals surface area contributed by atoms with Crippen LogP contribution in [0.5, 0.6) is 0 Å². The van der Waals surface area contributed by atoms with Crippen LogP contribution >= 0.6 is 0 Å². The highest BCUT2D eigenvalue weighted by Gasteiger charge is 2.31. The average molecular weight is 370 g/mol. The second-order valence-electron chi connectivity index (χ2n) is 7.70. The van der Waals surface area contributed by atoms with Crippen LogP contribution in [-0.4, -0.2) is 34.0 Å². The van der Waals surface area contributed by atoms with Crippen LogP contribution in [-0.2, 0) is 23.1 Å². The number of para-hydroxylation sites is 1. The predicted octanol–water partition coefficient (Wildman–Crippen LogP) is 1.25. The smallest absolute Gasteiger partial charge is 0.317 e. The summed E-state index contributed by atoms with van der Waals surface area (Å²) in [6.07, 6.45) is 5.06. The number of amides is 2. The molecule has 7 heteroatoms. The molecule has 1 aromatic heterocycles. The van der Waals surface area contributed by atoms with E-state index in [1.807, 2.05) is 12.1 Å². The van der Waals surface area contributed by atoms with Crippen LogP contribution in [0.15, 0.2) is 23.0 Å². The van der Waals surface area contributed by atoms with Crippen LogP contribution in [0.1, 0.15) is 43.7 Å². The first-order chi connectivity index (χ1) is 13.1. The Morgan fingerprint density at radius 1 is 1.11 bits per heavy atom. The summed E-state index contributed by atoms with van der Waals surface area (Å²) < 4.78 is 3.21. The Bertz CT molecular complexity index is 937. The zero-order chi connectivity index (χ0) is 19.0. The van der Waals surface area contributed by atoms with E-state index in [-0.39, 0.29) is 23.9 Å². The number of rotatable bonds is 4. The summed E-state index contributed by atoms with van der Waals surface area (Å²) in [7, 11) is 1.76. The molecule has 2 aliphatic rings. The number of imide groups is 1. The number of aromatic nitrogens is 2. The Hall–Kier alpha value is -2.41. The summed E-state index contributed by atoms with van der Waals surface area (Å²) in [6.45, 7) is 2.17. The molecule has 0 saturated carbocycles. The van der Waals surface area contributed by atoms with Crippen molar-refractivity contribution in [2.24, 2.45) is 13.0 Å². The van der Waals surface area contributed by atoms with Crippen LogP contribution in [0, 0.1) is 5.92 Å². The minimum atomic E-state index is -0.626. The molecular weight excluding hydrogens is 344 g/mol. The average Bonchev–Trinajstić information content (AvgIpc) is 2.93. The van der Waals surface area contributed by atoms with E-state index in [9.17, 15) is 14.4 Å². The third-order valence-electron chi connectivity index (χ3n) is 5.99. The summed E-state index contributed by atoms with van der Waals surface area (Å²) in [4.78, 5) is 36.7. The first-order valence-corrected chi connectivity index (χ1v) is 9.79. The number of hydrogen-bond acceptors (Lipinski definition) is 4. The van der Waals surface area contributed by atoms with Crippen molar-refractivity contribution in [3.8, 4) is 0 Å². The number of carbonyl (C=O) groups excluding carboxylic acids is 2. The fourth-order valence-electron chi connectivity index (χ4n) is 4.48. The molecule has 1 unspecified atom stereocenters. The topological polar surface area (TPSA) is 85.1 Å². The van der Waals surface area contributed by atoms with Gasteiger partial charge in [0.1, 0.15) is 6.04 Å². The second-order valence-corrected chi connectivity index (χ2v) is 7.70. The number of nitrogens with zero attached hydrogens (tertiary/aromatic N) is 2. The zero-order valence-corrected chi connectivity index (χ0v) is 15.7. The van der Waals surface area contributed by atoms with Crippen LogP contribution in [0.4, 0.5) is 0 Å². The normalized spacial score (nSPS) is 21.6. The van der Waals surface area contributed by atoms with Gasteiger partial charge in [-0.05, 0) is 62.7 Å². The fraction of sp³-hybridized carbons (Fsp3) is 0.550. The van der Waals surface area contributed by atoms with Gasteiger partial charge < -0.3 is 5.32 Å². The molecule has 0 spiro atoms. The number of fused-ring (bicyclic) bond motifs is 1. The predicted molar refractivity (Wildman–Crippen MR) is 103 cm³/mol. The van der Waals surface area contributed by atoms with E-state index < -0.39 is 6.04 Å². The van der Waals surface area contributed by atoms with Crippen molar-refractivity contribution in [2.45, 2.75) is 44.6 Å². The van der Waals surface area contributed by atoms with Crippen LogP contribution in [0.3, 0.4) is 0 Å². The minimum absolute atomic E-state index is 0.200. The number of piperidine rings is 2. The molecule has 1 atom stereocenters. The van der Waals surface area contributed by atoms with E-state index >= 15 is 0 Å². The van der Waals surface area contributed by atoms with Crippen molar-refractivity contribution in [3.05, 3.63) is 34.2 Å². The van der Waals surface area contributed by atoms with Gasteiger partial charge in [0, 0.05) is 13.5 Å². The van der Waals surface area contributed by atoms with E-state index in [0.717, 1.165) is 48.4 Å². The molecule has 0 radical (unpaired) electrons. The fourth-order valence-corrected chi connectivity index (χ4v) is 4.48. The van der Waals surface area contributed by atoms with Gasteiger partial charge in [0.15, 0.2) is 0 Å². The van der Waals surface area contributed by atoms with Crippen molar-refractivity contribution in [3.63, 3.8) is 0 Å². The number of nitrogens with one attached hydrogen (secondary N) is 2. The third-order valence-corrected chi connectivity index (χ3v) is 5.99. The van der Waals surface area contributed by atoms with E-state index in [0.29, 0.717) is 6.42 Å². The van der Waals surface area contributed by atoms with Crippen molar-refractivity contribution in [1.82, 2.24) is 19.8 Å². The summed E-state index contributed by atoms with van der Waals surface area (Å²) in [6, 6.07) is 5.31. The lowest BCUT2D eigenvalue weighted by Crippen LogP contribution is -2.44. The van der Waals surface area contributed by atoms with Crippen LogP contribution in [0.25, 0.3) is 11.0 Å². The second kappa shape index (κ2) is 7.31. The van der Waals surface area contributed by atoms with E-state index in [1.54, 1.807) is 16.2 Å². The molecule has 3 heterocycles. The summed E-state index contributed by atoms with van der Waals surface area (Å²) in [5.41, 5.74) is 2.63. The van der Waals surface area contributed by atoms with Gasteiger partial charge in [-0.25, -0.2) is 4.79 Å². The van der Waals surface area contributed by atoms with Gasteiger partial charge in [0.25, 0.3) is 0 Å². The van der Waals surface area contributed by atoms with Gasteiger partial charge >= 0.3 is 5.69 Å². The molecule has 2 saturated heterocycles. The molecule has 4 rings (SSSR count). The molecule has 0 aliphatic carbocycles. The molecule has 144 valence electrons. The molecule has 2 aromatic rings. The van der Waals surface area contributed by atoms with E-state index in [2.05, 4.69) is 16.7 Å². The van der Waals surface area contributed by atoms with Crippen molar-refractivity contribution in [2.75, 3.05) is 13.1 Å². The lowest BCUT2D eigenvalue weighted by Gasteiger charge is -2.23. The Morgan fingerprint density at radius 2 is 1.89 bits per heavy atom. The molecule has 27 heavy (non-hydrogen) atoms. The van der Waals surface area contributed by atoms with Gasteiger partial charge in [-0.2, -0.15) is 0 Å². The van der Waals surface area contributed by atoms with Crippen LogP contribution < -0.4 is 16.3 Å². The Labute approximate surface area is 157 Å². The highest BCUT2D eigenvalue weighted by molar-refractivity contribution is 6.00. The van der Waals surface area contributed by atoms with Gasteiger partial charge in [0.2, 0.25) is 11.8 Å². The lowest BCUT2D eigenvalue weighted by atomic mass is 9.91. The molecular formula is C20H26N4O3. The highest BCUT2D eigenvalue weighted by atomic mass is 16.2. The van der Waals surface area contributed by atoms with E-state index in [4.69, 9.17) is 0 Å². The quantitative estimate of drug-likeness (QED) is 0.794. The molecule has 2 N–H and O–H groups in total. The molecule has 7 nitrogen and oxygen atoms in total. The summed E-state index contributed by atoms with van der Waals surface area (Å²) >= 11 is 0. The maximum absolute atomic E-state index is 12.9. The van der Waals surface area contributed by atoms with E-state index in [1.165, 1.54) is 12.8 Å². The maximum Gasteiger partial charge on any atom is 0.329 e.